The standard InChI is InChI=1S/C26H30N2O6S4/c1-18-14-21(36-16-18)20-5-6-22(37-20)26(15-23(29)27-34-24-4-2-3-11-33-24)8-9-28(10-13-38(26,31)32)25(30)19-7-12-35-17-19/h5-7,12,14,16-17,24H,2-4,8-11,13,15H2,1H3,(H,27,29)/t24?,26-/m0/s1. The average Bonchev–Trinajstić information content (AvgIpc) is 3.68. The lowest BCUT2D eigenvalue weighted by atomic mass is 9.97. The Bertz CT molecular complexity index is 1370. The molecule has 3 aromatic rings. The summed E-state index contributed by atoms with van der Waals surface area (Å²) in [6.07, 6.45) is 1.82. The second kappa shape index (κ2) is 11.6. The number of thiophene rings is 3. The van der Waals surface area contributed by atoms with Gasteiger partial charge in [0.25, 0.3) is 5.91 Å². The highest BCUT2D eigenvalue weighted by atomic mass is 32.2. The van der Waals surface area contributed by atoms with Crippen molar-refractivity contribution in [2.24, 2.45) is 0 Å². The second-order valence-electron chi connectivity index (χ2n) is 9.64. The van der Waals surface area contributed by atoms with E-state index in [4.69, 9.17) is 9.57 Å². The van der Waals surface area contributed by atoms with Gasteiger partial charge in [0.1, 0.15) is 4.75 Å². The maximum absolute atomic E-state index is 14.0. The normalized spacial score (nSPS) is 23.6. The third-order valence-electron chi connectivity index (χ3n) is 6.98. The van der Waals surface area contributed by atoms with Crippen LogP contribution in [0.2, 0.25) is 0 Å². The summed E-state index contributed by atoms with van der Waals surface area (Å²) in [4.78, 5) is 36.0. The molecular formula is C26H30N2O6S4. The number of nitrogens with one attached hydrogen (secondary N) is 1. The van der Waals surface area contributed by atoms with E-state index >= 15 is 0 Å². The molecule has 3 aromatic heterocycles. The van der Waals surface area contributed by atoms with Crippen LogP contribution in [0.1, 0.15) is 52.9 Å². The molecule has 0 bridgehead atoms. The van der Waals surface area contributed by atoms with Gasteiger partial charge in [0, 0.05) is 46.1 Å². The maximum atomic E-state index is 14.0. The molecule has 2 saturated heterocycles. The van der Waals surface area contributed by atoms with E-state index in [1.807, 2.05) is 24.4 Å². The lowest BCUT2D eigenvalue weighted by Crippen LogP contribution is -2.43. The topological polar surface area (TPSA) is 102 Å². The van der Waals surface area contributed by atoms with Crippen LogP contribution in [0.3, 0.4) is 0 Å². The van der Waals surface area contributed by atoms with Crippen molar-refractivity contribution in [3.8, 4) is 9.75 Å². The van der Waals surface area contributed by atoms with Gasteiger partial charge in [-0.05, 0) is 66.8 Å². The summed E-state index contributed by atoms with van der Waals surface area (Å²) in [5.41, 5.74) is 4.14. The van der Waals surface area contributed by atoms with Gasteiger partial charge < -0.3 is 9.64 Å². The highest BCUT2D eigenvalue weighted by molar-refractivity contribution is 7.92. The first-order valence-electron chi connectivity index (χ1n) is 12.5. The Labute approximate surface area is 234 Å². The molecule has 2 fully saturated rings. The summed E-state index contributed by atoms with van der Waals surface area (Å²) >= 11 is 4.42. The summed E-state index contributed by atoms with van der Waals surface area (Å²) in [7, 11) is -3.84. The summed E-state index contributed by atoms with van der Waals surface area (Å²) < 4.78 is 32.0. The maximum Gasteiger partial charge on any atom is 0.254 e. The lowest BCUT2D eigenvalue weighted by molar-refractivity contribution is -0.200. The zero-order valence-corrected chi connectivity index (χ0v) is 24.3. The van der Waals surface area contributed by atoms with Crippen LogP contribution in [0, 0.1) is 6.92 Å². The van der Waals surface area contributed by atoms with E-state index in [0.29, 0.717) is 23.5 Å². The van der Waals surface area contributed by atoms with Crippen LogP contribution >= 0.6 is 34.0 Å². The van der Waals surface area contributed by atoms with Crippen molar-refractivity contribution in [1.29, 1.82) is 0 Å². The van der Waals surface area contributed by atoms with E-state index in [0.717, 1.165) is 28.2 Å². The molecule has 5 rings (SSSR count). The molecule has 0 radical (unpaired) electrons. The molecule has 5 heterocycles. The van der Waals surface area contributed by atoms with Gasteiger partial charge in [-0.15, -0.1) is 22.7 Å². The van der Waals surface area contributed by atoms with Crippen LogP contribution in [0.25, 0.3) is 9.75 Å². The zero-order chi connectivity index (χ0) is 26.8. The minimum atomic E-state index is -3.84. The lowest BCUT2D eigenvalue weighted by Gasteiger charge is -2.31. The molecule has 2 aliphatic heterocycles. The second-order valence-corrected chi connectivity index (χ2v) is 14.8. The van der Waals surface area contributed by atoms with Gasteiger partial charge in [0.2, 0.25) is 5.91 Å². The molecule has 204 valence electrons. The third-order valence-corrected chi connectivity index (χ3v) is 12.8. The minimum Gasteiger partial charge on any atom is -0.350 e. The molecule has 2 amide bonds. The number of carbonyl (C=O) groups excluding carboxylic acids is 2. The van der Waals surface area contributed by atoms with Gasteiger partial charge in [0.05, 0.1) is 17.7 Å². The van der Waals surface area contributed by atoms with E-state index < -0.39 is 26.8 Å². The van der Waals surface area contributed by atoms with Crippen LogP contribution in [0.5, 0.6) is 0 Å². The van der Waals surface area contributed by atoms with Crippen LogP contribution in [-0.2, 0) is 29.0 Å². The number of hydrogen-bond acceptors (Lipinski definition) is 9. The molecule has 2 aliphatic rings. The summed E-state index contributed by atoms with van der Waals surface area (Å²) in [5.74, 6) is -0.948. The highest BCUT2D eigenvalue weighted by Crippen LogP contribution is 2.46. The van der Waals surface area contributed by atoms with Gasteiger partial charge in [-0.1, -0.05) is 0 Å². The fraction of sp³-hybridized carbons (Fsp3) is 0.462. The molecule has 0 aliphatic carbocycles. The predicted molar refractivity (Wildman–Crippen MR) is 150 cm³/mol. The number of nitrogens with zero attached hydrogens (tertiary/aromatic N) is 1. The van der Waals surface area contributed by atoms with Crippen molar-refractivity contribution < 1.29 is 27.6 Å². The van der Waals surface area contributed by atoms with E-state index in [9.17, 15) is 18.0 Å². The first-order valence-corrected chi connectivity index (χ1v) is 16.8. The monoisotopic (exact) mass is 594 g/mol. The Morgan fingerprint density at radius 2 is 2.05 bits per heavy atom. The molecule has 0 spiro atoms. The Balaban J connectivity index is 1.44. The number of rotatable bonds is 7. The molecule has 1 unspecified atom stereocenters. The van der Waals surface area contributed by atoms with E-state index in [2.05, 4.69) is 16.9 Å². The van der Waals surface area contributed by atoms with Crippen molar-refractivity contribution >= 4 is 55.7 Å². The molecule has 0 saturated carbocycles. The first-order chi connectivity index (χ1) is 18.3. The van der Waals surface area contributed by atoms with Crippen molar-refractivity contribution in [2.45, 2.75) is 50.1 Å². The van der Waals surface area contributed by atoms with Crippen LogP contribution < -0.4 is 5.48 Å². The van der Waals surface area contributed by atoms with Crippen LogP contribution in [-0.4, -0.2) is 56.9 Å². The quantitative estimate of drug-likeness (QED) is 0.388. The van der Waals surface area contributed by atoms with E-state index in [1.54, 1.807) is 27.7 Å². The van der Waals surface area contributed by atoms with Crippen molar-refractivity contribution in [3.63, 3.8) is 0 Å². The fourth-order valence-corrected chi connectivity index (χ4v) is 10.1. The van der Waals surface area contributed by atoms with Crippen LogP contribution in [0.4, 0.5) is 0 Å². The molecule has 1 N–H and O–H groups in total. The summed E-state index contributed by atoms with van der Waals surface area (Å²) in [5, 5.41) is 5.65. The highest BCUT2D eigenvalue weighted by Gasteiger charge is 2.50. The number of hydrogen-bond donors (Lipinski definition) is 1. The Morgan fingerprint density at radius 1 is 1.18 bits per heavy atom. The van der Waals surface area contributed by atoms with Gasteiger partial charge in [-0.2, -0.15) is 11.3 Å². The molecule has 0 aromatic carbocycles. The zero-order valence-electron chi connectivity index (χ0n) is 21.0. The smallest absolute Gasteiger partial charge is 0.254 e. The SMILES string of the molecule is Cc1csc(-c2ccc([C@@]3(CC(=O)NOC4CCCCO4)CCN(C(=O)c4ccsc4)CCS3(=O)=O)s2)c1. The summed E-state index contributed by atoms with van der Waals surface area (Å²) in [6.45, 7) is 2.88. The number of carbonyl (C=O) groups is 2. The number of aryl methyl sites for hydroxylation is 1. The summed E-state index contributed by atoms with van der Waals surface area (Å²) in [6, 6.07) is 7.56. The Morgan fingerprint density at radius 3 is 2.76 bits per heavy atom. The average molecular weight is 595 g/mol. The van der Waals surface area contributed by atoms with Gasteiger partial charge >= 0.3 is 0 Å². The van der Waals surface area contributed by atoms with Crippen LogP contribution in [0.15, 0.2) is 40.4 Å². The largest absolute Gasteiger partial charge is 0.350 e. The van der Waals surface area contributed by atoms with E-state index in [1.165, 1.54) is 22.7 Å². The molecule has 2 atom stereocenters. The molecule has 8 nitrogen and oxygen atoms in total. The van der Waals surface area contributed by atoms with Crippen molar-refractivity contribution in [3.05, 3.63) is 56.4 Å². The third kappa shape index (κ3) is 5.75. The van der Waals surface area contributed by atoms with Crippen molar-refractivity contribution in [2.75, 3.05) is 25.4 Å². The predicted octanol–water partition coefficient (Wildman–Crippen LogP) is 4.97. The number of amides is 2. The number of ether oxygens (including phenoxy) is 1. The minimum absolute atomic E-state index is 0.0785. The van der Waals surface area contributed by atoms with E-state index in [-0.39, 0.29) is 37.6 Å². The first kappa shape index (κ1) is 27.5. The molecule has 38 heavy (non-hydrogen) atoms. The van der Waals surface area contributed by atoms with Gasteiger partial charge in [-0.25, -0.2) is 18.7 Å². The fourth-order valence-electron chi connectivity index (χ4n) is 4.85. The Hall–Kier alpha value is -2.09. The molecular weight excluding hydrogens is 565 g/mol. The number of sulfone groups is 1. The van der Waals surface area contributed by atoms with Gasteiger partial charge in [0.15, 0.2) is 16.1 Å². The van der Waals surface area contributed by atoms with Gasteiger partial charge in [-0.3, -0.25) is 9.59 Å². The molecule has 12 heteroatoms. The van der Waals surface area contributed by atoms with Crippen molar-refractivity contribution in [1.82, 2.24) is 10.4 Å². The Kier molecular flexibility index (Phi) is 8.36. The number of hydroxylamine groups is 1.